The second-order valence-electron chi connectivity index (χ2n) is 5.39. The van der Waals surface area contributed by atoms with E-state index in [9.17, 15) is 0 Å². The molecule has 4 heteroatoms. The van der Waals surface area contributed by atoms with Crippen LogP contribution >= 0.6 is 0 Å². The van der Waals surface area contributed by atoms with Crippen molar-refractivity contribution in [3.8, 4) is 5.75 Å². The molecule has 2 rings (SSSR count). The average molecular weight is 311 g/mol. The van der Waals surface area contributed by atoms with Crippen LogP contribution in [0.4, 0.5) is 0 Å². The molecule has 2 aromatic rings. The molecule has 0 fully saturated rings. The van der Waals surface area contributed by atoms with Crippen LogP contribution in [-0.4, -0.2) is 19.6 Å². The lowest BCUT2D eigenvalue weighted by Gasteiger charge is -2.12. The van der Waals surface area contributed by atoms with Crippen molar-refractivity contribution in [3.63, 3.8) is 0 Å². The Morgan fingerprint density at radius 2 is 1.83 bits per heavy atom. The van der Waals surface area contributed by atoms with Crippen molar-refractivity contribution in [1.29, 1.82) is 0 Å². The van der Waals surface area contributed by atoms with E-state index in [1.165, 1.54) is 16.7 Å². The first kappa shape index (κ1) is 16.9. The summed E-state index contributed by atoms with van der Waals surface area (Å²) in [5, 5.41) is 6.63. The number of rotatable bonds is 6. The largest absolute Gasteiger partial charge is 0.497 e. The quantitative estimate of drug-likeness (QED) is 0.636. The van der Waals surface area contributed by atoms with Gasteiger partial charge in [-0.15, -0.1) is 0 Å². The summed E-state index contributed by atoms with van der Waals surface area (Å²) in [5.74, 6) is 1.69. The fraction of sp³-hybridized carbons (Fsp3) is 0.316. The average Bonchev–Trinajstić information content (AvgIpc) is 2.58. The summed E-state index contributed by atoms with van der Waals surface area (Å²) in [6, 6.07) is 16.5. The van der Waals surface area contributed by atoms with Crippen molar-refractivity contribution in [2.24, 2.45) is 4.99 Å². The second kappa shape index (κ2) is 8.83. The summed E-state index contributed by atoms with van der Waals surface area (Å²) in [5.41, 5.74) is 3.66. The van der Waals surface area contributed by atoms with Crippen LogP contribution in [0, 0.1) is 6.92 Å². The highest BCUT2D eigenvalue weighted by Crippen LogP contribution is 2.11. The topological polar surface area (TPSA) is 45.7 Å². The van der Waals surface area contributed by atoms with Gasteiger partial charge in [-0.2, -0.15) is 0 Å². The lowest BCUT2D eigenvalue weighted by atomic mass is 10.1. The van der Waals surface area contributed by atoms with Crippen LogP contribution < -0.4 is 15.4 Å². The van der Waals surface area contributed by atoms with E-state index >= 15 is 0 Å². The number of ether oxygens (including phenoxy) is 1. The Hall–Kier alpha value is -2.49. The molecule has 2 N–H and O–H groups in total. The monoisotopic (exact) mass is 311 g/mol. The minimum absolute atomic E-state index is 0.666. The van der Waals surface area contributed by atoms with Gasteiger partial charge in [0.25, 0.3) is 0 Å². The predicted octanol–water partition coefficient (Wildman–Crippen LogP) is 3.26. The lowest BCUT2D eigenvalue weighted by molar-refractivity contribution is 0.414. The smallest absolute Gasteiger partial charge is 0.191 e. The fourth-order valence-electron chi connectivity index (χ4n) is 2.25. The molecule has 0 unspecified atom stereocenters. The molecule has 0 saturated heterocycles. The first-order valence-electron chi connectivity index (χ1n) is 7.92. The normalized spacial score (nSPS) is 11.2. The standard InChI is InChI=1S/C19H25N3O/c1-4-20-19(22-14-17-7-5-6-15(2)12-17)21-13-16-8-10-18(23-3)11-9-16/h5-12H,4,13-14H2,1-3H3,(H2,20,21,22). The number of methoxy groups -OCH3 is 1. The van der Waals surface area contributed by atoms with Crippen molar-refractivity contribution in [2.75, 3.05) is 13.7 Å². The molecule has 0 amide bonds. The third-order valence-corrected chi connectivity index (χ3v) is 3.47. The number of guanidine groups is 1. The van der Waals surface area contributed by atoms with Crippen LogP contribution in [0.3, 0.4) is 0 Å². The lowest BCUT2D eigenvalue weighted by Crippen LogP contribution is -2.36. The molecule has 0 spiro atoms. The number of nitrogens with zero attached hydrogens (tertiary/aromatic N) is 1. The maximum atomic E-state index is 5.17. The number of benzene rings is 2. The van der Waals surface area contributed by atoms with Crippen molar-refractivity contribution < 1.29 is 4.74 Å². The maximum absolute atomic E-state index is 5.17. The van der Waals surface area contributed by atoms with Gasteiger partial charge in [-0.25, -0.2) is 4.99 Å². The predicted molar refractivity (Wildman–Crippen MR) is 95.8 cm³/mol. The van der Waals surface area contributed by atoms with Gasteiger partial charge in [0.2, 0.25) is 0 Å². The third-order valence-electron chi connectivity index (χ3n) is 3.47. The molecule has 0 bridgehead atoms. The molecule has 122 valence electrons. The highest BCUT2D eigenvalue weighted by molar-refractivity contribution is 5.79. The van der Waals surface area contributed by atoms with E-state index < -0.39 is 0 Å². The van der Waals surface area contributed by atoms with E-state index in [0.29, 0.717) is 6.54 Å². The van der Waals surface area contributed by atoms with Gasteiger partial charge in [-0.3, -0.25) is 0 Å². The van der Waals surface area contributed by atoms with Crippen LogP contribution in [0.15, 0.2) is 53.5 Å². The van der Waals surface area contributed by atoms with E-state index in [-0.39, 0.29) is 0 Å². The Labute approximate surface area is 138 Å². The molecule has 0 radical (unpaired) electrons. The molecule has 0 atom stereocenters. The van der Waals surface area contributed by atoms with E-state index in [0.717, 1.165) is 24.8 Å². The van der Waals surface area contributed by atoms with E-state index in [1.807, 2.05) is 12.1 Å². The molecular formula is C19H25N3O. The van der Waals surface area contributed by atoms with Gasteiger partial charge >= 0.3 is 0 Å². The zero-order valence-corrected chi connectivity index (χ0v) is 14.1. The fourth-order valence-corrected chi connectivity index (χ4v) is 2.25. The summed E-state index contributed by atoms with van der Waals surface area (Å²) in [7, 11) is 1.68. The number of hydrogen-bond donors (Lipinski definition) is 2. The molecule has 0 aliphatic carbocycles. The van der Waals surface area contributed by atoms with Gasteiger partial charge < -0.3 is 15.4 Å². The van der Waals surface area contributed by atoms with Crippen LogP contribution in [0.5, 0.6) is 5.75 Å². The number of hydrogen-bond acceptors (Lipinski definition) is 2. The van der Waals surface area contributed by atoms with Gasteiger partial charge in [0.15, 0.2) is 5.96 Å². The van der Waals surface area contributed by atoms with Crippen molar-refractivity contribution in [1.82, 2.24) is 10.6 Å². The Morgan fingerprint density at radius 1 is 1.04 bits per heavy atom. The zero-order chi connectivity index (χ0) is 16.5. The van der Waals surface area contributed by atoms with Crippen LogP contribution in [0.2, 0.25) is 0 Å². The molecule has 0 aliphatic heterocycles. The minimum atomic E-state index is 0.666. The first-order chi connectivity index (χ1) is 11.2. The van der Waals surface area contributed by atoms with E-state index in [1.54, 1.807) is 7.11 Å². The molecule has 0 aromatic heterocycles. The molecule has 23 heavy (non-hydrogen) atoms. The van der Waals surface area contributed by atoms with Gasteiger partial charge in [0.1, 0.15) is 5.75 Å². The number of nitrogens with one attached hydrogen (secondary N) is 2. The number of aryl methyl sites for hydroxylation is 1. The zero-order valence-electron chi connectivity index (χ0n) is 14.1. The Morgan fingerprint density at radius 3 is 2.48 bits per heavy atom. The van der Waals surface area contributed by atoms with Crippen molar-refractivity contribution in [2.45, 2.75) is 26.9 Å². The number of aliphatic imine (C=N–C) groups is 1. The maximum Gasteiger partial charge on any atom is 0.191 e. The van der Waals surface area contributed by atoms with E-state index in [4.69, 9.17) is 4.74 Å². The molecule has 0 aliphatic rings. The summed E-state index contributed by atoms with van der Waals surface area (Å²) in [4.78, 5) is 4.64. The summed E-state index contributed by atoms with van der Waals surface area (Å²) in [6.07, 6.45) is 0. The molecular weight excluding hydrogens is 286 g/mol. The van der Waals surface area contributed by atoms with E-state index in [2.05, 4.69) is 65.9 Å². The molecule has 4 nitrogen and oxygen atoms in total. The van der Waals surface area contributed by atoms with Gasteiger partial charge in [-0.05, 0) is 37.1 Å². The van der Waals surface area contributed by atoms with Gasteiger partial charge in [-0.1, -0.05) is 42.0 Å². The van der Waals surface area contributed by atoms with Crippen molar-refractivity contribution >= 4 is 5.96 Å². The Bertz CT molecular complexity index is 635. The highest BCUT2D eigenvalue weighted by atomic mass is 16.5. The summed E-state index contributed by atoms with van der Waals surface area (Å²) in [6.45, 7) is 6.39. The third kappa shape index (κ3) is 5.66. The summed E-state index contributed by atoms with van der Waals surface area (Å²) >= 11 is 0. The van der Waals surface area contributed by atoms with Crippen molar-refractivity contribution in [3.05, 3.63) is 65.2 Å². The first-order valence-corrected chi connectivity index (χ1v) is 7.92. The highest BCUT2D eigenvalue weighted by Gasteiger charge is 1.99. The SMILES string of the molecule is CCNC(=NCc1cccc(C)c1)NCc1ccc(OC)cc1. The Balaban J connectivity index is 1.95. The van der Waals surface area contributed by atoms with Gasteiger partial charge in [0.05, 0.1) is 13.7 Å². The Kier molecular flexibility index (Phi) is 6.48. The van der Waals surface area contributed by atoms with Crippen LogP contribution in [0.25, 0.3) is 0 Å². The molecule has 2 aromatic carbocycles. The minimum Gasteiger partial charge on any atom is -0.497 e. The second-order valence-corrected chi connectivity index (χ2v) is 5.39. The van der Waals surface area contributed by atoms with Gasteiger partial charge in [0, 0.05) is 13.1 Å². The molecule has 0 saturated carbocycles. The summed E-state index contributed by atoms with van der Waals surface area (Å²) < 4.78 is 5.17. The van der Waals surface area contributed by atoms with Crippen LogP contribution in [-0.2, 0) is 13.1 Å². The van der Waals surface area contributed by atoms with Crippen LogP contribution in [0.1, 0.15) is 23.6 Å². The molecule has 0 heterocycles.